The highest BCUT2D eigenvalue weighted by Crippen LogP contribution is 2.28. The topological polar surface area (TPSA) is 127 Å². The lowest BCUT2D eigenvalue weighted by atomic mass is 9.98. The molecule has 2 aliphatic heterocycles. The normalized spacial score (nSPS) is 24.7. The number of nitrogens with two attached hydrogens (primary N) is 1. The molecule has 2 fully saturated rings. The van der Waals surface area contributed by atoms with Gasteiger partial charge in [-0.15, -0.1) is 6.58 Å². The van der Waals surface area contributed by atoms with Crippen molar-refractivity contribution in [1.29, 1.82) is 0 Å². The van der Waals surface area contributed by atoms with Gasteiger partial charge in [-0.05, 0) is 0 Å². The van der Waals surface area contributed by atoms with Crippen LogP contribution in [0.15, 0.2) is 17.8 Å². The second-order valence-electron chi connectivity index (χ2n) is 5.01. The molecule has 2 saturated heterocycles. The van der Waals surface area contributed by atoms with Crippen LogP contribution in [0, 0.1) is 0 Å². The number of fused-ring (bicyclic) bond motifs is 2. The Morgan fingerprint density at radius 3 is 2.91 bits per heavy atom. The summed E-state index contributed by atoms with van der Waals surface area (Å²) in [6.45, 7) is 3.60. The average Bonchev–Trinajstić information content (AvgIpc) is 2.80. The van der Waals surface area contributed by atoms with E-state index in [0.29, 0.717) is 5.71 Å². The summed E-state index contributed by atoms with van der Waals surface area (Å²) in [5.41, 5.74) is 5.77. The van der Waals surface area contributed by atoms with Gasteiger partial charge in [-0.3, -0.25) is 14.4 Å². The van der Waals surface area contributed by atoms with E-state index in [9.17, 15) is 14.4 Å². The molecule has 2 heterocycles. The van der Waals surface area contributed by atoms with Crippen molar-refractivity contribution in [3.8, 4) is 0 Å². The number of hydrogen-bond donors (Lipinski definition) is 2. The Kier molecular flexibility index (Phi) is 5.16. The fourth-order valence-corrected chi connectivity index (χ4v) is 2.42. The molecule has 2 atom stereocenters. The molecule has 0 aromatic carbocycles. The Labute approximate surface area is 132 Å². The fraction of sp³-hybridized carbons (Fsp3) is 0.538. The summed E-state index contributed by atoms with van der Waals surface area (Å²) in [5.74, 6) is -0.984. The largest absolute Gasteiger partial charge is 0.386 e. The van der Waals surface area contributed by atoms with E-state index in [1.165, 1.54) is 18.0 Å². The van der Waals surface area contributed by atoms with Crippen LogP contribution < -0.4 is 11.1 Å². The molecule has 126 valence electrons. The number of rotatable bonds is 7. The van der Waals surface area contributed by atoms with Gasteiger partial charge in [0.05, 0.1) is 18.9 Å². The average molecular weight is 325 g/mol. The maximum Gasteiger partial charge on any atom is 0.345 e. The molecule has 0 aromatic heterocycles. The van der Waals surface area contributed by atoms with Crippen molar-refractivity contribution in [1.82, 2.24) is 15.3 Å². The lowest BCUT2D eigenvalue weighted by Gasteiger charge is -2.28. The number of urea groups is 1. The second-order valence-corrected chi connectivity index (χ2v) is 5.01. The minimum atomic E-state index is -0.821. The number of amides is 4. The Morgan fingerprint density at radius 2 is 2.30 bits per heavy atom. The van der Waals surface area contributed by atoms with Gasteiger partial charge in [0.15, 0.2) is 6.61 Å². The van der Waals surface area contributed by atoms with E-state index in [2.05, 4.69) is 17.1 Å². The van der Waals surface area contributed by atoms with Gasteiger partial charge in [0.1, 0.15) is 12.1 Å². The Balaban J connectivity index is 2.18. The van der Waals surface area contributed by atoms with Crippen molar-refractivity contribution in [2.75, 3.05) is 26.8 Å². The highest BCUT2D eigenvalue weighted by Gasteiger charge is 2.51. The Bertz CT molecular complexity index is 549. The first-order valence-electron chi connectivity index (χ1n) is 7.01. The summed E-state index contributed by atoms with van der Waals surface area (Å²) in [6.07, 6.45) is 1.63. The van der Waals surface area contributed by atoms with Gasteiger partial charge < -0.3 is 20.8 Å². The number of nitrogens with zero attached hydrogens (tertiary/aromatic N) is 3. The first-order valence-corrected chi connectivity index (χ1v) is 7.01. The number of carbonyl (C=O) groups excluding carboxylic acids is 3. The molecular formula is C13H19N5O5. The number of hydrogen-bond acceptors (Lipinski definition) is 6. The van der Waals surface area contributed by atoms with Crippen LogP contribution in [0.2, 0.25) is 0 Å². The minimum Gasteiger partial charge on any atom is -0.386 e. The van der Waals surface area contributed by atoms with Crippen molar-refractivity contribution >= 4 is 23.6 Å². The third kappa shape index (κ3) is 3.42. The fourth-order valence-electron chi connectivity index (χ4n) is 2.42. The molecule has 0 unspecified atom stereocenters. The zero-order chi connectivity index (χ0) is 17.0. The van der Waals surface area contributed by atoms with Gasteiger partial charge in [-0.25, -0.2) is 4.79 Å². The highest BCUT2D eigenvalue weighted by molar-refractivity contribution is 6.02. The molecule has 2 rings (SSSR count). The quantitative estimate of drug-likeness (QED) is 0.439. The highest BCUT2D eigenvalue weighted by atomic mass is 16.7. The van der Waals surface area contributed by atoms with Crippen LogP contribution in [0.3, 0.4) is 0 Å². The van der Waals surface area contributed by atoms with Gasteiger partial charge in [-0.2, -0.15) is 5.06 Å². The predicted octanol–water partition coefficient (Wildman–Crippen LogP) is -1.41. The van der Waals surface area contributed by atoms with Crippen LogP contribution in [0.25, 0.3) is 0 Å². The van der Waals surface area contributed by atoms with E-state index in [4.69, 9.17) is 15.4 Å². The first-order chi connectivity index (χ1) is 11.0. The van der Waals surface area contributed by atoms with Gasteiger partial charge in [0.25, 0.3) is 5.91 Å². The molecule has 0 saturated carbocycles. The third-order valence-corrected chi connectivity index (χ3v) is 3.57. The summed E-state index contributed by atoms with van der Waals surface area (Å²) in [6, 6.07) is -1.78. The molecule has 2 aliphatic rings. The van der Waals surface area contributed by atoms with Crippen LogP contribution in [-0.2, 0) is 19.3 Å². The van der Waals surface area contributed by atoms with Crippen LogP contribution in [0.4, 0.5) is 4.79 Å². The van der Waals surface area contributed by atoms with Gasteiger partial charge in [-0.1, -0.05) is 11.2 Å². The van der Waals surface area contributed by atoms with E-state index >= 15 is 0 Å². The molecule has 10 nitrogen and oxygen atoms in total. The van der Waals surface area contributed by atoms with Gasteiger partial charge >= 0.3 is 6.03 Å². The van der Waals surface area contributed by atoms with E-state index in [0.717, 1.165) is 5.06 Å². The molecule has 0 aliphatic carbocycles. The Hall–Kier alpha value is -2.62. The maximum absolute atomic E-state index is 12.3. The van der Waals surface area contributed by atoms with Gasteiger partial charge in [0, 0.05) is 13.5 Å². The predicted molar refractivity (Wildman–Crippen MR) is 78.9 cm³/mol. The molecule has 3 N–H and O–H groups in total. The zero-order valence-electron chi connectivity index (χ0n) is 12.7. The van der Waals surface area contributed by atoms with Crippen LogP contribution in [0.1, 0.15) is 6.42 Å². The molecule has 2 bridgehead atoms. The molecule has 23 heavy (non-hydrogen) atoms. The standard InChI is InChI=1S/C13H19N5O5/c1-3-4-23-18-10-6-17(13(18)21)9(12(14)20)5-8(10)16-22-7-11(19)15-2/h3,9-10H,1,4-7H2,2H3,(H2,14,20)(H,15,19)/t9-,10-/m0/s1. The Morgan fingerprint density at radius 1 is 1.57 bits per heavy atom. The SMILES string of the molecule is C=CCON1C(=O)N2C[C@H]1C(=NOCC(=O)NC)C[C@H]2C(N)=O. The summed E-state index contributed by atoms with van der Waals surface area (Å²) >= 11 is 0. The maximum atomic E-state index is 12.3. The molecule has 4 amide bonds. The lowest BCUT2D eigenvalue weighted by Crippen LogP contribution is -2.51. The summed E-state index contributed by atoms with van der Waals surface area (Å²) in [5, 5.41) is 7.42. The second kappa shape index (κ2) is 7.09. The number of nitrogens with one attached hydrogen (secondary N) is 1. The monoisotopic (exact) mass is 325 g/mol. The van der Waals surface area contributed by atoms with E-state index in [-0.39, 0.29) is 32.1 Å². The summed E-state index contributed by atoms with van der Waals surface area (Å²) < 4.78 is 0. The molecular weight excluding hydrogens is 306 g/mol. The van der Waals surface area contributed by atoms with Crippen LogP contribution in [-0.4, -0.2) is 72.4 Å². The summed E-state index contributed by atoms with van der Waals surface area (Å²) in [7, 11) is 1.47. The van der Waals surface area contributed by atoms with Crippen LogP contribution in [0.5, 0.6) is 0 Å². The summed E-state index contributed by atoms with van der Waals surface area (Å²) in [4.78, 5) is 46.7. The van der Waals surface area contributed by atoms with Crippen molar-refractivity contribution in [2.45, 2.75) is 18.5 Å². The smallest absolute Gasteiger partial charge is 0.345 e. The molecule has 0 radical (unpaired) electrons. The molecule has 10 heteroatoms. The van der Waals surface area contributed by atoms with Crippen molar-refractivity contribution in [3.05, 3.63) is 12.7 Å². The van der Waals surface area contributed by atoms with Crippen LogP contribution >= 0.6 is 0 Å². The van der Waals surface area contributed by atoms with E-state index < -0.39 is 24.0 Å². The number of piperidine rings is 1. The lowest BCUT2D eigenvalue weighted by molar-refractivity contribution is -0.125. The van der Waals surface area contributed by atoms with E-state index in [1.807, 2.05) is 0 Å². The molecule has 0 aromatic rings. The minimum absolute atomic E-state index is 0.129. The van der Waals surface area contributed by atoms with Crippen molar-refractivity contribution in [3.63, 3.8) is 0 Å². The van der Waals surface area contributed by atoms with Gasteiger partial charge in [0.2, 0.25) is 5.91 Å². The zero-order valence-corrected chi connectivity index (χ0v) is 12.7. The number of carbonyl (C=O) groups is 3. The first kappa shape index (κ1) is 16.7. The molecule has 0 spiro atoms. The number of likely N-dealkylation sites (N-methyl/N-ethyl adjacent to an activating group) is 1. The number of oxime groups is 1. The van der Waals surface area contributed by atoms with Crippen molar-refractivity contribution < 1.29 is 24.1 Å². The van der Waals surface area contributed by atoms with Crippen molar-refractivity contribution in [2.24, 2.45) is 10.9 Å². The number of primary amides is 1. The third-order valence-electron chi connectivity index (χ3n) is 3.57. The van der Waals surface area contributed by atoms with E-state index in [1.54, 1.807) is 0 Å². The number of hydroxylamine groups is 2.